The van der Waals surface area contributed by atoms with Crippen molar-refractivity contribution in [1.82, 2.24) is 4.98 Å². The van der Waals surface area contributed by atoms with Crippen LogP contribution >= 0.6 is 22.9 Å². The third kappa shape index (κ3) is 3.11. The zero-order chi connectivity index (χ0) is 11.4. The number of hydrogen-bond acceptors (Lipinski definition) is 3. The van der Waals surface area contributed by atoms with E-state index in [1.807, 2.05) is 6.92 Å². The molecular formula is C12H19ClN2S. The fraction of sp³-hybridized carbons (Fsp3) is 0.750. The molecule has 0 aliphatic heterocycles. The van der Waals surface area contributed by atoms with Crippen molar-refractivity contribution in [3.8, 4) is 0 Å². The number of anilines is 1. The Morgan fingerprint density at radius 3 is 2.81 bits per heavy atom. The molecule has 1 heterocycles. The van der Waals surface area contributed by atoms with Crippen LogP contribution in [0.4, 0.5) is 5.13 Å². The molecule has 0 amide bonds. The number of thiazole rings is 1. The highest BCUT2D eigenvalue weighted by atomic mass is 35.5. The number of rotatable bonds is 4. The van der Waals surface area contributed by atoms with Gasteiger partial charge < -0.3 is 5.32 Å². The standard InChI is InChI=1S/C12H19ClN2S/c1-9-8-16-12(15-9)14-7-11-5-3-2-4-10(11)6-13/h8,10-11H,2-7H2,1H3,(H,14,15). The van der Waals surface area contributed by atoms with Crippen molar-refractivity contribution in [2.45, 2.75) is 32.6 Å². The molecule has 2 unspecified atom stereocenters. The Bertz CT molecular complexity index is 327. The van der Waals surface area contributed by atoms with E-state index >= 15 is 0 Å². The number of nitrogens with zero attached hydrogens (tertiary/aromatic N) is 1. The molecule has 16 heavy (non-hydrogen) atoms. The summed E-state index contributed by atoms with van der Waals surface area (Å²) < 4.78 is 0. The van der Waals surface area contributed by atoms with E-state index in [0.29, 0.717) is 5.92 Å². The molecule has 0 saturated heterocycles. The molecule has 4 heteroatoms. The molecule has 2 nitrogen and oxygen atoms in total. The van der Waals surface area contributed by atoms with Gasteiger partial charge in [-0.2, -0.15) is 0 Å². The summed E-state index contributed by atoms with van der Waals surface area (Å²) in [4.78, 5) is 4.42. The Hall–Kier alpha value is -0.280. The Balaban J connectivity index is 1.84. The molecule has 1 saturated carbocycles. The lowest BCUT2D eigenvalue weighted by molar-refractivity contribution is 0.272. The van der Waals surface area contributed by atoms with Crippen LogP contribution in [0.15, 0.2) is 5.38 Å². The van der Waals surface area contributed by atoms with Crippen molar-refractivity contribution in [3.05, 3.63) is 11.1 Å². The van der Waals surface area contributed by atoms with Crippen molar-refractivity contribution in [3.63, 3.8) is 0 Å². The SMILES string of the molecule is Cc1csc(NCC2CCCCC2CCl)n1. The van der Waals surface area contributed by atoms with Gasteiger partial charge in [0.05, 0.1) is 5.69 Å². The number of alkyl halides is 1. The fourth-order valence-electron chi connectivity index (χ4n) is 2.41. The van der Waals surface area contributed by atoms with Crippen molar-refractivity contribution in [2.75, 3.05) is 17.7 Å². The summed E-state index contributed by atoms with van der Waals surface area (Å²) in [7, 11) is 0. The summed E-state index contributed by atoms with van der Waals surface area (Å²) in [5.41, 5.74) is 1.10. The second-order valence-corrected chi connectivity index (χ2v) is 5.80. The monoisotopic (exact) mass is 258 g/mol. The highest BCUT2D eigenvalue weighted by Gasteiger charge is 2.24. The van der Waals surface area contributed by atoms with Crippen LogP contribution in [0, 0.1) is 18.8 Å². The second-order valence-electron chi connectivity index (χ2n) is 4.63. The van der Waals surface area contributed by atoms with Crippen LogP contribution in [-0.2, 0) is 0 Å². The lowest BCUT2D eigenvalue weighted by atomic mass is 9.80. The molecular weight excluding hydrogens is 240 g/mol. The first kappa shape index (κ1) is 12.2. The van der Waals surface area contributed by atoms with Crippen LogP contribution in [0.2, 0.25) is 0 Å². The summed E-state index contributed by atoms with van der Waals surface area (Å²) in [6.07, 6.45) is 5.32. The number of nitrogens with one attached hydrogen (secondary N) is 1. The van der Waals surface area contributed by atoms with Gasteiger partial charge in [-0.25, -0.2) is 4.98 Å². The van der Waals surface area contributed by atoms with Gasteiger partial charge in [-0.1, -0.05) is 12.8 Å². The van der Waals surface area contributed by atoms with Crippen molar-refractivity contribution in [2.24, 2.45) is 11.8 Å². The van der Waals surface area contributed by atoms with Crippen LogP contribution in [0.5, 0.6) is 0 Å². The quantitative estimate of drug-likeness (QED) is 0.829. The van der Waals surface area contributed by atoms with Crippen LogP contribution in [0.3, 0.4) is 0 Å². The van der Waals surface area contributed by atoms with E-state index in [1.54, 1.807) is 11.3 Å². The highest BCUT2D eigenvalue weighted by molar-refractivity contribution is 7.13. The fourth-order valence-corrected chi connectivity index (χ4v) is 3.51. The van der Waals surface area contributed by atoms with E-state index in [0.717, 1.165) is 29.2 Å². The Kier molecular flexibility index (Phi) is 4.47. The van der Waals surface area contributed by atoms with E-state index < -0.39 is 0 Å². The first-order valence-corrected chi connectivity index (χ1v) is 7.43. The average molecular weight is 259 g/mol. The predicted octanol–water partition coefficient (Wildman–Crippen LogP) is 3.91. The maximum atomic E-state index is 6.02. The Morgan fingerprint density at radius 2 is 2.19 bits per heavy atom. The second kappa shape index (κ2) is 5.87. The molecule has 1 fully saturated rings. The third-order valence-electron chi connectivity index (χ3n) is 3.40. The van der Waals surface area contributed by atoms with Crippen LogP contribution in [-0.4, -0.2) is 17.4 Å². The van der Waals surface area contributed by atoms with Crippen LogP contribution in [0.25, 0.3) is 0 Å². The smallest absolute Gasteiger partial charge is 0.182 e. The normalized spacial score (nSPS) is 25.6. The van der Waals surface area contributed by atoms with E-state index in [1.165, 1.54) is 25.7 Å². The molecule has 1 aromatic heterocycles. The van der Waals surface area contributed by atoms with E-state index in [2.05, 4.69) is 15.7 Å². The highest BCUT2D eigenvalue weighted by Crippen LogP contribution is 2.31. The number of hydrogen-bond donors (Lipinski definition) is 1. The summed E-state index contributed by atoms with van der Waals surface area (Å²) in [6, 6.07) is 0. The Labute approximate surface area is 106 Å². The lowest BCUT2D eigenvalue weighted by Crippen LogP contribution is -2.27. The molecule has 1 N–H and O–H groups in total. The molecule has 0 bridgehead atoms. The zero-order valence-corrected chi connectivity index (χ0v) is 11.3. The summed E-state index contributed by atoms with van der Waals surface area (Å²) in [5, 5.41) is 6.59. The topological polar surface area (TPSA) is 24.9 Å². The molecule has 2 rings (SSSR count). The van der Waals surface area contributed by atoms with Gasteiger partial charge in [0.25, 0.3) is 0 Å². The number of halogens is 1. The molecule has 1 aliphatic rings. The third-order valence-corrected chi connectivity index (χ3v) is 4.71. The van der Waals surface area contributed by atoms with Crippen LogP contribution < -0.4 is 5.32 Å². The largest absolute Gasteiger partial charge is 0.361 e. The average Bonchev–Trinajstić information content (AvgIpc) is 2.73. The molecule has 1 aromatic rings. The summed E-state index contributed by atoms with van der Waals surface area (Å²) >= 11 is 7.71. The van der Waals surface area contributed by atoms with Gasteiger partial charge in [0.1, 0.15) is 0 Å². The van der Waals surface area contributed by atoms with Gasteiger partial charge in [-0.3, -0.25) is 0 Å². The minimum atomic E-state index is 0.698. The van der Waals surface area contributed by atoms with E-state index in [-0.39, 0.29) is 0 Å². The number of aryl methyl sites for hydroxylation is 1. The maximum absolute atomic E-state index is 6.02. The van der Waals surface area contributed by atoms with E-state index in [4.69, 9.17) is 11.6 Å². The van der Waals surface area contributed by atoms with Gasteiger partial charge >= 0.3 is 0 Å². The van der Waals surface area contributed by atoms with E-state index in [9.17, 15) is 0 Å². The van der Waals surface area contributed by atoms with Gasteiger partial charge in [-0.05, 0) is 31.6 Å². The first-order valence-electron chi connectivity index (χ1n) is 6.01. The lowest BCUT2D eigenvalue weighted by Gasteiger charge is -2.30. The van der Waals surface area contributed by atoms with Gasteiger partial charge in [-0.15, -0.1) is 22.9 Å². The predicted molar refractivity (Wildman–Crippen MR) is 71.5 cm³/mol. The molecule has 0 spiro atoms. The molecule has 0 aromatic carbocycles. The minimum absolute atomic E-state index is 0.698. The summed E-state index contributed by atoms with van der Waals surface area (Å²) in [6.45, 7) is 3.06. The van der Waals surface area contributed by atoms with Gasteiger partial charge in [0.2, 0.25) is 0 Å². The van der Waals surface area contributed by atoms with Gasteiger partial charge in [0.15, 0.2) is 5.13 Å². The van der Waals surface area contributed by atoms with Crippen molar-refractivity contribution in [1.29, 1.82) is 0 Å². The molecule has 1 aliphatic carbocycles. The minimum Gasteiger partial charge on any atom is -0.361 e. The molecule has 90 valence electrons. The molecule has 0 radical (unpaired) electrons. The number of aromatic nitrogens is 1. The van der Waals surface area contributed by atoms with Gasteiger partial charge in [0, 0.05) is 17.8 Å². The maximum Gasteiger partial charge on any atom is 0.182 e. The van der Waals surface area contributed by atoms with Crippen molar-refractivity contribution < 1.29 is 0 Å². The zero-order valence-electron chi connectivity index (χ0n) is 9.71. The van der Waals surface area contributed by atoms with Crippen LogP contribution in [0.1, 0.15) is 31.4 Å². The first-order chi connectivity index (χ1) is 7.79. The molecule has 2 atom stereocenters. The summed E-state index contributed by atoms with van der Waals surface area (Å²) in [5.74, 6) is 2.24. The van der Waals surface area contributed by atoms with Crippen molar-refractivity contribution >= 4 is 28.1 Å². The Morgan fingerprint density at radius 1 is 1.44 bits per heavy atom.